The minimum atomic E-state index is -2.00. The molecule has 0 radical (unpaired) electrons. The van der Waals surface area contributed by atoms with Gasteiger partial charge in [0, 0.05) is 22.7 Å². The lowest BCUT2D eigenvalue weighted by atomic mass is 9.44. The van der Waals surface area contributed by atoms with Crippen molar-refractivity contribution in [3.8, 4) is 0 Å². The molecular formula is C28H31F2NO5. The van der Waals surface area contributed by atoms with Crippen molar-refractivity contribution >= 4 is 17.3 Å². The van der Waals surface area contributed by atoms with Crippen molar-refractivity contribution in [2.45, 2.75) is 56.9 Å². The van der Waals surface area contributed by atoms with E-state index in [1.54, 1.807) is 30.2 Å². The van der Waals surface area contributed by atoms with Crippen molar-refractivity contribution in [2.24, 2.45) is 28.6 Å². The van der Waals surface area contributed by atoms with E-state index in [1.807, 2.05) is 6.92 Å². The number of fused-ring (bicyclic) bond motifs is 7. The summed E-state index contributed by atoms with van der Waals surface area (Å²) < 4.78 is 30.9. The summed E-state index contributed by atoms with van der Waals surface area (Å²) in [7, 11) is 0. The Morgan fingerprint density at radius 3 is 2.64 bits per heavy atom. The van der Waals surface area contributed by atoms with Crippen LogP contribution in [0.2, 0.25) is 0 Å². The van der Waals surface area contributed by atoms with Crippen LogP contribution in [0.1, 0.15) is 39.5 Å². The summed E-state index contributed by atoms with van der Waals surface area (Å²) in [5.74, 6) is -2.20. The quantitative estimate of drug-likeness (QED) is 0.663. The molecule has 8 atom stereocenters. The molecule has 1 aromatic rings. The number of aliphatic hydroxyl groups is 2. The molecule has 4 fully saturated rings. The number of anilines is 1. The van der Waals surface area contributed by atoms with Gasteiger partial charge in [0.05, 0.1) is 18.3 Å². The summed E-state index contributed by atoms with van der Waals surface area (Å²) in [6.07, 6.45) is 4.57. The van der Waals surface area contributed by atoms with Gasteiger partial charge in [-0.05, 0) is 74.9 Å². The molecule has 8 heteroatoms. The first-order valence-corrected chi connectivity index (χ1v) is 12.7. The highest BCUT2D eigenvalue weighted by Crippen LogP contribution is 2.72. The first-order chi connectivity index (χ1) is 17.0. The number of halogens is 2. The second kappa shape index (κ2) is 7.55. The third kappa shape index (κ3) is 2.70. The van der Waals surface area contributed by atoms with E-state index < -0.39 is 52.3 Å². The van der Waals surface area contributed by atoms with E-state index in [9.17, 15) is 24.2 Å². The third-order valence-corrected chi connectivity index (χ3v) is 10.3. The largest absolute Gasteiger partial charge is 0.390 e. The highest BCUT2D eigenvalue weighted by Gasteiger charge is 2.78. The molecule has 0 bridgehead atoms. The minimum Gasteiger partial charge on any atom is -0.390 e. The molecule has 36 heavy (non-hydrogen) atoms. The van der Waals surface area contributed by atoms with Crippen molar-refractivity contribution in [1.82, 2.24) is 0 Å². The van der Waals surface area contributed by atoms with Gasteiger partial charge in [0.15, 0.2) is 22.8 Å². The van der Waals surface area contributed by atoms with Gasteiger partial charge in [0.2, 0.25) is 0 Å². The predicted octanol–water partition coefficient (Wildman–Crippen LogP) is 3.47. The highest BCUT2D eigenvalue weighted by molar-refractivity contribution is 6.01. The Morgan fingerprint density at radius 2 is 1.94 bits per heavy atom. The van der Waals surface area contributed by atoms with Crippen LogP contribution < -0.4 is 5.06 Å². The van der Waals surface area contributed by atoms with Gasteiger partial charge in [-0.1, -0.05) is 18.6 Å². The maximum Gasteiger partial charge on any atom is 0.193 e. The Kier molecular flexibility index (Phi) is 5.03. The second-order valence-corrected chi connectivity index (χ2v) is 11.6. The topological polar surface area (TPSA) is 87.1 Å². The van der Waals surface area contributed by atoms with Gasteiger partial charge < -0.3 is 10.2 Å². The van der Waals surface area contributed by atoms with Crippen molar-refractivity contribution < 1.29 is 33.4 Å². The molecule has 6 rings (SSSR count). The first-order valence-electron chi connectivity index (χ1n) is 12.7. The molecule has 1 heterocycles. The Hall–Kier alpha value is -2.42. The van der Waals surface area contributed by atoms with Crippen LogP contribution in [-0.2, 0) is 14.4 Å². The number of carbonyl (C=O) groups is 2. The van der Waals surface area contributed by atoms with E-state index in [1.165, 1.54) is 24.3 Å². The number of carbonyl (C=O) groups excluding carboxylic acids is 2. The fourth-order valence-corrected chi connectivity index (χ4v) is 8.63. The molecule has 2 N–H and O–H groups in total. The van der Waals surface area contributed by atoms with Gasteiger partial charge in [-0.15, -0.1) is 0 Å². The zero-order valence-corrected chi connectivity index (χ0v) is 20.4. The maximum absolute atomic E-state index is 17.4. The predicted molar refractivity (Wildman–Crippen MR) is 127 cm³/mol. The molecule has 6 nitrogen and oxygen atoms in total. The van der Waals surface area contributed by atoms with E-state index in [0.717, 1.165) is 0 Å². The zero-order chi connectivity index (χ0) is 25.7. The van der Waals surface area contributed by atoms with Crippen LogP contribution in [0.5, 0.6) is 0 Å². The van der Waals surface area contributed by atoms with Crippen molar-refractivity contribution in [2.75, 3.05) is 18.2 Å². The van der Waals surface area contributed by atoms with Gasteiger partial charge in [0.25, 0.3) is 0 Å². The zero-order valence-electron chi connectivity index (χ0n) is 20.4. The van der Waals surface area contributed by atoms with Gasteiger partial charge in [-0.3, -0.25) is 19.5 Å². The molecule has 5 aliphatic rings. The molecule has 0 amide bonds. The summed E-state index contributed by atoms with van der Waals surface area (Å²) in [5.41, 5.74) is -4.19. The monoisotopic (exact) mass is 499 g/mol. The van der Waals surface area contributed by atoms with Gasteiger partial charge in [0.1, 0.15) is 12.4 Å². The molecule has 1 aliphatic heterocycles. The summed E-state index contributed by atoms with van der Waals surface area (Å²) >= 11 is 0. The number of allylic oxidation sites excluding steroid dienone is 4. The third-order valence-electron chi connectivity index (χ3n) is 10.3. The minimum absolute atomic E-state index is 0.0190. The van der Waals surface area contributed by atoms with Crippen molar-refractivity contribution in [3.63, 3.8) is 0 Å². The van der Waals surface area contributed by atoms with Gasteiger partial charge >= 0.3 is 0 Å². The number of hydrogen-bond acceptors (Lipinski definition) is 6. The number of Topliss-reactive ketones (excluding diaryl/α,β-unsaturated/α-hetero) is 1. The van der Waals surface area contributed by atoms with E-state index in [4.69, 9.17) is 4.84 Å². The summed E-state index contributed by atoms with van der Waals surface area (Å²) in [6, 6.07) is 5.77. The lowest BCUT2D eigenvalue weighted by Crippen LogP contribution is -2.69. The molecular weight excluding hydrogens is 468 g/mol. The SMILES string of the molecule is C[C@]12C=CC(=O)C=C1CC[C@H]1[C@@H]3C[C@H]4CN(c5ccc(F)cc5)O[C@@]4(C(=O)CO)[C@@]3(C)C[C@H](O)[C@@]12F. The molecule has 0 unspecified atom stereocenters. The van der Waals surface area contributed by atoms with Gasteiger partial charge in [-0.25, -0.2) is 8.78 Å². The van der Waals surface area contributed by atoms with Crippen LogP contribution in [0, 0.1) is 34.4 Å². The summed E-state index contributed by atoms with van der Waals surface area (Å²) in [5, 5.41) is 23.1. The summed E-state index contributed by atoms with van der Waals surface area (Å²) in [4.78, 5) is 32.0. The second-order valence-electron chi connectivity index (χ2n) is 11.6. The number of hydroxylamine groups is 1. The summed E-state index contributed by atoms with van der Waals surface area (Å²) in [6.45, 7) is 3.25. The lowest BCUT2D eigenvalue weighted by molar-refractivity contribution is -0.223. The Labute approximate surface area is 208 Å². The normalized spacial score (nSPS) is 45.0. The van der Waals surface area contributed by atoms with Crippen LogP contribution in [0.15, 0.2) is 48.1 Å². The van der Waals surface area contributed by atoms with E-state index in [2.05, 4.69) is 0 Å². The number of nitrogens with zero attached hydrogens (tertiary/aromatic N) is 1. The average molecular weight is 500 g/mol. The molecule has 3 saturated carbocycles. The molecule has 0 aromatic heterocycles. The number of benzene rings is 1. The fraction of sp³-hybridized carbons (Fsp3) is 0.571. The van der Waals surface area contributed by atoms with Crippen LogP contribution in [0.4, 0.5) is 14.5 Å². The maximum atomic E-state index is 17.4. The molecule has 4 aliphatic carbocycles. The van der Waals surface area contributed by atoms with Crippen molar-refractivity contribution in [3.05, 3.63) is 53.9 Å². The number of alkyl halides is 1. The van der Waals surface area contributed by atoms with Crippen molar-refractivity contribution in [1.29, 1.82) is 0 Å². The molecule has 0 spiro atoms. The smallest absolute Gasteiger partial charge is 0.193 e. The highest BCUT2D eigenvalue weighted by atomic mass is 19.1. The van der Waals surface area contributed by atoms with E-state index in [-0.39, 0.29) is 24.0 Å². The number of hydrogen-bond donors (Lipinski definition) is 2. The van der Waals surface area contributed by atoms with Gasteiger partial charge in [-0.2, -0.15) is 0 Å². The van der Waals surface area contributed by atoms with Crippen LogP contribution in [0.25, 0.3) is 0 Å². The Bertz CT molecular complexity index is 1200. The number of ketones is 2. The molecule has 192 valence electrons. The standard InChI is InChI=1S/C28H31F2NO5/c1-25-10-9-20(33)11-16(25)3-8-21-22-12-17-14-31(19-6-4-18(29)5-7-19)36-28(17,24(35)15-32)26(22,2)13-23(34)27(21,25)30/h4-7,9-11,17,21-23,32,34H,3,8,12-15H2,1-2H3/t17-,21-,22-,23-,25-,26-,27-,28-/m0/s1. The average Bonchev–Trinajstić information content (AvgIpc) is 3.34. The van der Waals surface area contributed by atoms with Crippen LogP contribution in [0.3, 0.4) is 0 Å². The Balaban J connectivity index is 1.43. The van der Waals surface area contributed by atoms with Crippen LogP contribution in [-0.4, -0.2) is 52.3 Å². The number of rotatable bonds is 3. The number of aliphatic hydroxyl groups excluding tert-OH is 2. The van der Waals surface area contributed by atoms with E-state index in [0.29, 0.717) is 37.1 Å². The first kappa shape index (κ1) is 23.9. The fourth-order valence-electron chi connectivity index (χ4n) is 8.63. The lowest BCUT2D eigenvalue weighted by Gasteiger charge is -2.62. The molecule has 1 saturated heterocycles. The Morgan fingerprint density at radius 1 is 1.22 bits per heavy atom. The van der Waals surface area contributed by atoms with Crippen LogP contribution >= 0.6 is 0 Å². The molecule has 1 aromatic carbocycles. The van der Waals surface area contributed by atoms with E-state index >= 15 is 4.39 Å².